The van der Waals surface area contributed by atoms with E-state index in [9.17, 15) is 9.59 Å². The number of carbonyl (C=O) groups is 1. The highest BCUT2D eigenvalue weighted by molar-refractivity contribution is 5.75. The summed E-state index contributed by atoms with van der Waals surface area (Å²) in [6.07, 6.45) is 4.11. The lowest BCUT2D eigenvalue weighted by Gasteiger charge is -2.11. The van der Waals surface area contributed by atoms with Crippen LogP contribution >= 0.6 is 0 Å². The molecule has 1 aliphatic carbocycles. The molecule has 0 saturated heterocycles. The van der Waals surface area contributed by atoms with Crippen molar-refractivity contribution in [2.45, 2.75) is 19.4 Å². The van der Waals surface area contributed by atoms with Crippen LogP contribution < -0.4 is 10.9 Å². The second-order valence-electron chi connectivity index (χ2n) is 4.85. The van der Waals surface area contributed by atoms with E-state index in [4.69, 9.17) is 0 Å². The van der Waals surface area contributed by atoms with Crippen molar-refractivity contribution in [3.05, 3.63) is 22.6 Å². The van der Waals surface area contributed by atoms with E-state index in [1.807, 2.05) is 0 Å². The molecule has 0 unspecified atom stereocenters. The lowest BCUT2D eigenvalue weighted by molar-refractivity contribution is -0.129. The van der Waals surface area contributed by atoms with Gasteiger partial charge in [0.2, 0.25) is 5.91 Å². The number of anilines is 1. The normalized spacial score (nSPS) is 14.3. The molecule has 1 aromatic heterocycles. The van der Waals surface area contributed by atoms with Gasteiger partial charge in [-0.1, -0.05) is 0 Å². The highest BCUT2D eigenvalue weighted by Crippen LogP contribution is 2.28. The Morgan fingerprint density at radius 2 is 2.28 bits per heavy atom. The minimum Gasteiger partial charge on any atom is -0.383 e. The summed E-state index contributed by atoms with van der Waals surface area (Å²) in [5.41, 5.74) is 0.464. The summed E-state index contributed by atoms with van der Waals surface area (Å²) < 4.78 is 1.17. The standard InChI is InChI=1S/C12H18N4O2/c1-15(2)12(18)8-16-11(17)5-10(7-14-16)13-6-9-3-4-9/h5,7,9,13H,3-4,6,8H2,1-2H3. The Labute approximate surface area is 106 Å². The number of nitrogens with one attached hydrogen (secondary N) is 1. The van der Waals surface area contributed by atoms with Crippen LogP contribution in [-0.4, -0.2) is 41.2 Å². The lowest BCUT2D eigenvalue weighted by atomic mass is 10.4. The van der Waals surface area contributed by atoms with Crippen LogP contribution in [0.2, 0.25) is 0 Å². The van der Waals surface area contributed by atoms with Gasteiger partial charge in [-0.15, -0.1) is 0 Å². The molecular weight excluding hydrogens is 232 g/mol. The summed E-state index contributed by atoms with van der Waals surface area (Å²) in [4.78, 5) is 24.7. The van der Waals surface area contributed by atoms with Crippen molar-refractivity contribution in [2.75, 3.05) is 26.0 Å². The van der Waals surface area contributed by atoms with Crippen LogP contribution in [0, 0.1) is 5.92 Å². The molecule has 0 bridgehead atoms. The van der Waals surface area contributed by atoms with Gasteiger partial charge in [-0.05, 0) is 18.8 Å². The zero-order valence-electron chi connectivity index (χ0n) is 10.7. The molecule has 0 radical (unpaired) electrons. The molecule has 0 aliphatic heterocycles. The molecule has 1 saturated carbocycles. The molecule has 1 aromatic rings. The van der Waals surface area contributed by atoms with Crippen LogP contribution in [0.15, 0.2) is 17.1 Å². The van der Waals surface area contributed by atoms with E-state index in [-0.39, 0.29) is 18.0 Å². The Balaban J connectivity index is 1.99. The second-order valence-corrected chi connectivity index (χ2v) is 4.85. The first-order valence-corrected chi connectivity index (χ1v) is 6.07. The number of rotatable bonds is 5. The second kappa shape index (κ2) is 5.20. The van der Waals surface area contributed by atoms with Crippen molar-refractivity contribution in [3.63, 3.8) is 0 Å². The largest absolute Gasteiger partial charge is 0.383 e. The summed E-state index contributed by atoms with van der Waals surface area (Å²) in [7, 11) is 3.30. The number of hydrogen-bond acceptors (Lipinski definition) is 4. The maximum atomic E-state index is 11.7. The molecule has 0 aromatic carbocycles. The highest BCUT2D eigenvalue weighted by Gasteiger charge is 2.20. The SMILES string of the molecule is CN(C)C(=O)Cn1ncc(NCC2CC2)cc1=O. The Kier molecular flexibility index (Phi) is 3.64. The van der Waals surface area contributed by atoms with E-state index in [0.717, 1.165) is 18.2 Å². The number of aromatic nitrogens is 2. The maximum absolute atomic E-state index is 11.7. The van der Waals surface area contributed by atoms with E-state index in [1.165, 1.54) is 28.5 Å². The van der Waals surface area contributed by atoms with Crippen LogP contribution in [0.5, 0.6) is 0 Å². The van der Waals surface area contributed by atoms with Gasteiger partial charge in [0, 0.05) is 26.7 Å². The number of hydrogen-bond donors (Lipinski definition) is 1. The lowest BCUT2D eigenvalue weighted by Crippen LogP contribution is -2.32. The third kappa shape index (κ3) is 3.32. The summed E-state index contributed by atoms with van der Waals surface area (Å²) >= 11 is 0. The van der Waals surface area contributed by atoms with Gasteiger partial charge >= 0.3 is 0 Å². The topological polar surface area (TPSA) is 67.2 Å². The summed E-state index contributed by atoms with van der Waals surface area (Å²) in [5, 5.41) is 7.17. The highest BCUT2D eigenvalue weighted by atomic mass is 16.2. The third-order valence-electron chi connectivity index (χ3n) is 2.95. The Bertz CT molecular complexity index is 491. The van der Waals surface area contributed by atoms with Crippen molar-refractivity contribution < 1.29 is 4.79 Å². The predicted octanol–water partition coefficient (Wildman–Crippen LogP) is 0.153. The van der Waals surface area contributed by atoms with E-state index in [1.54, 1.807) is 20.3 Å². The fourth-order valence-corrected chi connectivity index (χ4v) is 1.50. The molecule has 98 valence electrons. The first kappa shape index (κ1) is 12.6. The molecule has 0 spiro atoms. The number of nitrogens with zero attached hydrogens (tertiary/aromatic N) is 3. The van der Waals surface area contributed by atoms with Crippen molar-refractivity contribution >= 4 is 11.6 Å². The first-order chi connectivity index (χ1) is 8.56. The summed E-state index contributed by atoms with van der Waals surface area (Å²) in [5.74, 6) is 0.589. The fraction of sp³-hybridized carbons (Fsp3) is 0.583. The van der Waals surface area contributed by atoms with Crippen LogP contribution in [0.3, 0.4) is 0 Å². The summed E-state index contributed by atoms with van der Waals surface area (Å²) in [6.45, 7) is 0.872. The number of amides is 1. The average molecular weight is 250 g/mol. The van der Waals surface area contributed by atoms with Crippen molar-refractivity contribution in [1.82, 2.24) is 14.7 Å². The van der Waals surface area contributed by atoms with Crippen LogP contribution in [0.4, 0.5) is 5.69 Å². The van der Waals surface area contributed by atoms with Gasteiger partial charge in [0.1, 0.15) is 6.54 Å². The Morgan fingerprint density at radius 3 is 2.83 bits per heavy atom. The van der Waals surface area contributed by atoms with Crippen molar-refractivity contribution in [3.8, 4) is 0 Å². The molecule has 6 heteroatoms. The molecule has 1 fully saturated rings. The molecule has 1 amide bonds. The van der Waals surface area contributed by atoms with Crippen LogP contribution in [-0.2, 0) is 11.3 Å². The molecule has 1 heterocycles. The minimum atomic E-state index is -0.258. The molecule has 2 rings (SSSR count). The van der Waals surface area contributed by atoms with Crippen LogP contribution in [0.1, 0.15) is 12.8 Å². The molecule has 1 aliphatic rings. The van der Waals surface area contributed by atoms with E-state index < -0.39 is 0 Å². The fourth-order valence-electron chi connectivity index (χ4n) is 1.50. The number of likely N-dealkylation sites (N-methyl/N-ethyl adjacent to an activating group) is 1. The van der Waals surface area contributed by atoms with Gasteiger partial charge in [0.25, 0.3) is 5.56 Å². The number of carbonyl (C=O) groups excluding carboxylic acids is 1. The van der Waals surface area contributed by atoms with Crippen molar-refractivity contribution in [1.29, 1.82) is 0 Å². The zero-order chi connectivity index (χ0) is 13.1. The van der Waals surface area contributed by atoms with Gasteiger partial charge < -0.3 is 10.2 Å². The molecular formula is C12H18N4O2. The van der Waals surface area contributed by atoms with Gasteiger partial charge in [-0.3, -0.25) is 9.59 Å². The Morgan fingerprint density at radius 1 is 1.56 bits per heavy atom. The van der Waals surface area contributed by atoms with E-state index in [0.29, 0.717) is 0 Å². The van der Waals surface area contributed by atoms with Gasteiger partial charge in [-0.2, -0.15) is 5.10 Å². The van der Waals surface area contributed by atoms with Crippen LogP contribution in [0.25, 0.3) is 0 Å². The zero-order valence-corrected chi connectivity index (χ0v) is 10.7. The van der Waals surface area contributed by atoms with E-state index >= 15 is 0 Å². The van der Waals surface area contributed by atoms with E-state index in [2.05, 4.69) is 10.4 Å². The smallest absolute Gasteiger partial charge is 0.269 e. The molecule has 1 N–H and O–H groups in total. The molecule has 6 nitrogen and oxygen atoms in total. The first-order valence-electron chi connectivity index (χ1n) is 6.07. The third-order valence-corrected chi connectivity index (χ3v) is 2.95. The molecule has 0 atom stereocenters. The predicted molar refractivity (Wildman–Crippen MR) is 68.4 cm³/mol. The molecule has 18 heavy (non-hydrogen) atoms. The van der Waals surface area contributed by atoms with Gasteiger partial charge in [0.15, 0.2) is 0 Å². The summed E-state index contributed by atoms with van der Waals surface area (Å²) in [6, 6.07) is 1.48. The average Bonchev–Trinajstić information content (AvgIpc) is 3.13. The Hall–Kier alpha value is -1.85. The monoisotopic (exact) mass is 250 g/mol. The quantitative estimate of drug-likeness (QED) is 0.808. The van der Waals surface area contributed by atoms with Gasteiger partial charge in [0.05, 0.1) is 11.9 Å². The minimum absolute atomic E-state index is 0.0191. The van der Waals surface area contributed by atoms with Crippen molar-refractivity contribution in [2.24, 2.45) is 5.92 Å². The van der Waals surface area contributed by atoms with Gasteiger partial charge in [-0.25, -0.2) is 4.68 Å². The maximum Gasteiger partial charge on any atom is 0.269 e.